The Kier molecular flexibility index (Phi) is 7.33. The fraction of sp³-hybridized carbons (Fsp3) is 0.538. The molecule has 0 aliphatic heterocycles. The highest BCUT2D eigenvalue weighted by Crippen LogP contribution is 2.35. The minimum absolute atomic E-state index is 0.214. The van der Waals surface area contributed by atoms with Crippen molar-refractivity contribution in [2.75, 3.05) is 0 Å². The van der Waals surface area contributed by atoms with Crippen LogP contribution in [0.4, 0.5) is 0 Å². The van der Waals surface area contributed by atoms with E-state index in [1.807, 2.05) is 13.8 Å². The van der Waals surface area contributed by atoms with Gasteiger partial charge in [0.25, 0.3) is 0 Å². The summed E-state index contributed by atoms with van der Waals surface area (Å²) in [6, 6.07) is 17.1. The summed E-state index contributed by atoms with van der Waals surface area (Å²) in [5, 5.41) is 0. The molecule has 0 bridgehead atoms. The van der Waals surface area contributed by atoms with Gasteiger partial charge >= 0.3 is 0 Å². The van der Waals surface area contributed by atoms with Crippen molar-refractivity contribution >= 4 is 0 Å². The summed E-state index contributed by atoms with van der Waals surface area (Å²) in [5.74, 6) is 2.12. The van der Waals surface area contributed by atoms with Crippen LogP contribution in [0.15, 0.2) is 48.5 Å². The normalized spacial score (nSPS) is 12.6. The number of ether oxygens (including phenoxy) is 1. The summed E-state index contributed by atoms with van der Waals surface area (Å²) < 4.78 is 6.83. The molecule has 0 saturated heterocycles. The number of benzene rings is 2. The number of aryl methyl sites for hydroxylation is 1. The minimum atomic E-state index is -0.316. The molecule has 0 unspecified atom stereocenters. The molecule has 2 nitrogen and oxygen atoms in total. The number of nitrogens with two attached hydrogens (primary N) is 1. The summed E-state index contributed by atoms with van der Waals surface area (Å²) in [6.45, 7) is 15.4. The van der Waals surface area contributed by atoms with Gasteiger partial charge in [0.05, 0.1) is 0 Å². The van der Waals surface area contributed by atoms with E-state index < -0.39 is 0 Å². The molecule has 2 heteroatoms. The molecule has 0 aliphatic rings. The van der Waals surface area contributed by atoms with Gasteiger partial charge in [-0.1, -0.05) is 70.2 Å². The van der Waals surface area contributed by atoms with Crippen LogP contribution in [0.2, 0.25) is 0 Å². The molecule has 0 amide bonds. The van der Waals surface area contributed by atoms with Gasteiger partial charge in [0, 0.05) is 12.0 Å². The first kappa shape index (κ1) is 22.5. The lowest BCUT2D eigenvalue weighted by Crippen LogP contribution is -2.41. The molecule has 0 saturated carbocycles. The molecule has 0 atom stereocenters. The van der Waals surface area contributed by atoms with E-state index in [1.54, 1.807) is 0 Å². The van der Waals surface area contributed by atoms with Crippen LogP contribution in [0.25, 0.3) is 0 Å². The van der Waals surface area contributed by atoms with Gasteiger partial charge in [-0.2, -0.15) is 0 Å². The largest absolute Gasteiger partial charge is 0.487 e. The van der Waals surface area contributed by atoms with Crippen LogP contribution in [0, 0.1) is 18.8 Å². The second-order valence-corrected chi connectivity index (χ2v) is 9.84. The fourth-order valence-electron chi connectivity index (χ4n) is 4.16. The smallest absolute Gasteiger partial charge is 0.123 e. The van der Waals surface area contributed by atoms with Crippen LogP contribution >= 0.6 is 0 Å². The van der Waals surface area contributed by atoms with Crippen LogP contribution in [-0.2, 0) is 12.0 Å². The zero-order chi connectivity index (χ0) is 20.9. The Morgan fingerprint density at radius 2 is 1.39 bits per heavy atom. The third-order valence-corrected chi connectivity index (χ3v) is 5.20. The summed E-state index contributed by atoms with van der Waals surface area (Å²) >= 11 is 0. The van der Waals surface area contributed by atoms with Gasteiger partial charge in [-0.25, -0.2) is 0 Å². The topological polar surface area (TPSA) is 35.2 Å². The van der Waals surface area contributed by atoms with E-state index >= 15 is 0 Å². The lowest BCUT2D eigenvalue weighted by atomic mass is 9.79. The van der Waals surface area contributed by atoms with Gasteiger partial charge < -0.3 is 10.5 Å². The quantitative estimate of drug-likeness (QED) is 0.528. The van der Waals surface area contributed by atoms with E-state index in [2.05, 4.69) is 83.1 Å². The molecular weight excluding hydrogens is 342 g/mol. The second kappa shape index (κ2) is 9.13. The van der Waals surface area contributed by atoms with Crippen molar-refractivity contribution in [3.05, 3.63) is 65.2 Å². The minimum Gasteiger partial charge on any atom is -0.487 e. The van der Waals surface area contributed by atoms with E-state index in [0.29, 0.717) is 11.8 Å². The SMILES string of the molecule is Cc1ccccc1OC(Cc1ccc(C(C)(C)N)cc1)(CC(C)C)CC(C)C. The molecule has 0 spiro atoms. The van der Waals surface area contributed by atoms with E-state index in [1.165, 1.54) is 11.1 Å². The molecule has 0 fully saturated rings. The Balaban J connectivity index is 2.39. The van der Waals surface area contributed by atoms with Crippen molar-refractivity contribution in [2.24, 2.45) is 17.6 Å². The Bertz CT molecular complexity index is 728. The maximum absolute atomic E-state index is 6.83. The molecule has 0 aromatic heterocycles. The maximum Gasteiger partial charge on any atom is 0.123 e. The maximum atomic E-state index is 6.83. The van der Waals surface area contributed by atoms with Gasteiger partial charge in [-0.3, -0.25) is 0 Å². The zero-order valence-electron chi connectivity index (χ0n) is 18.9. The average molecular weight is 382 g/mol. The van der Waals surface area contributed by atoms with E-state index in [-0.39, 0.29) is 11.1 Å². The third-order valence-electron chi connectivity index (χ3n) is 5.20. The molecule has 28 heavy (non-hydrogen) atoms. The number of para-hydroxylation sites is 1. The average Bonchev–Trinajstić information content (AvgIpc) is 2.55. The standard InChI is InChI=1S/C26H39NO/c1-19(2)16-26(17-20(3)4,28-24-11-9-8-10-21(24)5)18-22-12-14-23(15-13-22)25(6,7)27/h8-15,19-20H,16-18,27H2,1-7H3. The van der Waals surface area contributed by atoms with Gasteiger partial charge in [0.2, 0.25) is 0 Å². The number of rotatable bonds is 9. The van der Waals surface area contributed by atoms with Gasteiger partial charge in [0.15, 0.2) is 0 Å². The lowest BCUT2D eigenvalue weighted by Gasteiger charge is -2.38. The van der Waals surface area contributed by atoms with Crippen LogP contribution in [-0.4, -0.2) is 5.60 Å². The Morgan fingerprint density at radius 3 is 1.86 bits per heavy atom. The predicted molar refractivity (Wildman–Crippen MR) is 121 cm³/mol. The zero-order valence-corrected chi connectivity index (χ0v) is 18.9. The monoisotopic (exact) mass is 381 g/mol. The van der Waals surface area contributed by atoms with Crippen LogP contribution in [0.5, 0.6) is 5.75 Å². The molecule has 2 aromatic carbocycles. The van der Waals surface area contributed by atoms with Crippen molar-refractivity contribution in [1.29, 1.82) is 0 Å². The Morgan fingerprint density at radius 1 is 0.857 bits per heavy atom. The predicted octanol–water partition coefficient (Wildman–Crippen LogP) is 6.64. The molecule has 2 N–H and O–H groups in total. The molecular formula is C26H39NO. The summed E-state index contributed by atoms with van der Waals surface area (Å²) in [7, 11) is 0. The molecule has 154 valence electrons. The van der Waals surface area contributed by atoms with Gasteiger partial charge in [0.1, 0.15) is 11.4 Å². The Labute approximate surface area is 172 Å². The number of hydrogen-bond acceptors (Lipinski definition) is 2. The molecule has 0 heterocycles. The summed E-state index contributed by atoms with van der Waals surface area (Å²) in [4.78, 5) is 0. The van der Waals surface area contributed by atoms with Crippen LogP contribution in [0.3, 0.4) is 0 Å². The van der Waals surface area contributed by atoms with Gasteiger partial charge in [-0.05, 0) is 68.2 Å². The van der Waals surface area contributed by atoms with Crippen LogP contribution in [0.1, 0.15) is 71.1 Å². The Hall–Kier alpha value is -1.80. The van der Waals surface area contributed by atoms with Crippen molar-refractivity contribution in [2.45, 2.75) is 78.9 Å². The first-order valence-electron chi connectivity index (χ1n) is 10.6. The van der Waals surface area contributed by atoms with Crippen molar-refractivity contribution in [3.8, 4) is 5.75 Å². The van der Waals surface area contributed by atoms with E-state index in [4.69, 9.17) is 10.5 Å². The lowest BCUT2D eigenvalue weighted by molar-refractivity contribution is 0.0258. The summed E-state index contributed by atoms with van der Waals surface area (Å²) in [5.41, 5.74) is 9.39. The third kappa shape index (κ3) is 6.38. The van der Waals surface area contributed by atoms with Gasteiger partial charge in [-0.15, -0.1) is 0 Å². The summed E-state index contributed by atoms with van der Waals surface area (Å²) in [6.07, 6.45) is 2.97. The second-order valence-electron chi connectivity index (χ2n) is 9.84. The first-order chi connectivity index (χ1) is 13.0. The molecule has 2 rings (SSSR count). The van der Waals surface area contributed by atoms with Crippen molar-refractivity contribution in [1.82, 2.24) is 0 Å². The highest BCUT2D eigenvalue weighted by molar-refractivity contribution is 5.33. The van der Waals surface area contributed by atoms with Crippen LogP contribution < -0.4 is 10.5 Å². The van der Waals surface area contributed by atoms with E-state index in [0.717, 1.165) is 30.6 Å². The highest BCUT2D eigenvalue weighted by atomic mass is 16.5. The van der Waals surface area contributed by atoms with E-state index in [9.17, 15) is 0 Å². The van der Waals surface area contributed by atoms with Crippen molar-refractivity contribution in [3.63, 3.8) is 0 Å². The molecule has 2 aromatic rings. The number of hydrogen-bond donors (Lipinski definition) is 1. The fourth-order valence-corrected chi connectivity index (χ4v) is 4.16. The first-order valence-corrected chi connectivity index (χ1v) is 10.6. The highest BCUT2D eigenvalue weighted by Gasteiger charge is 2.35. The molecule has 0 aliphatic carbocycles. The van der Waals surface area contributed by atoms with Crippen molar-refractivity contribution < 1.29 is 4.74 Å². The molecule has 0 radical (unpaired) electrons.